The number of nitrogens with one attached hydrogen (secondary N) is 1. The zero-order valence-corrected chi connectivity index (χ0v) is 13.7. The average molecular weight is 303 g/mol. The SMILES string of the molecule is C=C(CCC)CC1NC[C@H](c2ccc3c(c2)OCCO3)C1C.[HH]. The lowest BCUT2D eigenvalue weighted by Gasteiger charge is -2.23. The van der Waals surface area contributed by atoms with E-state index in [0.29, 0.717) is 31.1 Å². The van der Waals surface area contributed by atoms with Crippen molar-refractivity contribution >= 4 is 0 Å². The van der Waals surface area contributed by atoms with Crippen LogP contribution in [0.1, 0.15) is 46.0 Å². The van der Waals surface area contributed by atoms with Crippen LogP contribution in [0.25, 0.3) is 0 Å². The molecule has 3 atom stereocenters. The van der Waals surface area contributed by atoms with E-state index in [0.717, 1.165) is 30.9 Å². The van der Waals surface area contributed by atoms with Crippen LogP contribution in [0.3, 0.4) is 0 Å². The van der Waals surface area contributed by atoms with Gasteiger partial charge in [-0.25, -0.2) is 0 Å². The van der Waals surface area contributed by atoms with Gasteiger partial charge in [-0.1, -0.05) is 38.5 Å². The highest BCUT2D eigenvalue weighted by atomic mass is 16.6. The van der Waals surface area contributed by atoms with Crippen molar-refractivity contribution in [2.24, 2.45) is 5.92 Å². The maximum Gasteiger partial charge on any atom is 0.161 e. The Morgan fingerprint density at radius 2 is 2.09 bits per heavy atom. The van der Waals surface area contributed by atoms with E-state index in [1.807, 2.05) is 0 Å². The largest absolute Gasteiger partial charge is 0.486 e. The molecule has 1 fully saturated rings. The van der Waals surface area contributed by atoms with E-state index >= 15 is 0 Å². The summed E-state index contributed by atoms with van der Waals surface area (Å²) in [5.41, 5.74) is 2.72. The van der Waals surface area contributed by atoms with Crippen LogP contribution in [-0.4, -0.2) is 25.8 Å². The highest BCUT2D eigenvalue weighted by molar-refractivity contribution is 5.45. The van der Waals surface area contributed by atoms with Crippen molar-refractivity contribution in [3.05, 3.63) is 35.9 Å². The van der Waals surface area contributed by atoms with E-state index in [1.165, 1.54) is 17.6 Å². The Balaban J connectivity index is 0.00000192. The van der Waals surface area contributed by atoms with Gasteiger partial charge in [-0.2, -0.15) is 0 Å². The number of hydrogen-bond donors (Lipinski definition) is 1. The highest BCUT2D eigenvalue weighted by Gasteiger charge is 2.33. The summed E-state index contributed by atoms with van der Waals surface area (Å²) in [4.78, 5) is 0. The van der Waals surface area contributed by atoms with Gasteiger partial charge in [-0.05, 0) is 36.5 Å². The van der Waals surface area contributed by atoms with Crippen molar-refractivity contribution in [1.29, 1.82) is 0 Å². The molecule has 0 saturated carbocycles. The van der Waals surface area contributed by atoms with E-state index in [9.17, 15) is 0 Å². The summed E-state index contributed by atoms with van der Waals surface area (Å²) in [6.45, 7) is 11.1. The molecule has 1 aromatic carbocycles. The number of rotatable bonds is 5. The summed E-state index contributed by atoms with van der Waals surface area (Å²) < 4.78 is 11.3. The normalized spacial score (nSPS) is 26.9. The van der Waals surface area contributed by atoms with Crippen molar-refractivity contribution < 1.29 is 10.9 Å². The van der Waals surface area contributed by atoms with E-state index in [1.54, 1.807) is 0 Å². The third-order valence-corrected chi connectivity index (χ3v) is 4.98. The Bertz CT molecular complexity index is 546. The Morgan fingerprint density at radius 3 is 2.86 bits per heavy atom. The molecule has 3 heteroatoms. The van der Waals surface area contributed by atoms with Crippen LogP contribution in [0.4, 0.5) is 0 Å². The molecule has 0 spiro atoms. The molecule has 0 bridgehead atoms. The van der Waals surface area contributed by atoms with Crippen molar-refractivity contribution in [1.82, 2.24) is 5.32 Å². The molecular weight excluding hydrogens is 274 g/mol. The third-order valence-electron chi connectivity index (χ3n) is 4.98. The predicted octanol–water partition coefficient (Wildman–Crippen LogP) is 4.14. The molecule has 22 heavy (non-hydrogen) atoms. The summed E-state index contributed by atoms with van der Waals surface area (Å²) in [5, 5.41) is 3.69. The molecule has 1 saturated heterocycles. The Labute approximate surface area is 135 Å². The third kappa shape index (κ3) is 3.14. The van der Waals surface area contributed by atoms with Crippen molar-refractivity contribution in [3.63, 3.8) is 0 Å². The van der Waals surface area contributed by atoms with E-state index in [4.69, 9.17) is 9.47 Å². The quantitative estimate of drug-likeness (QED) is 0.829. The summed E-state index contributed by atoms with van der Waals surface area (Å²) >= 11 is 0. The molecule has 122 valence electrons. The topological polar surface area (TPSA) is 30.5 Å². The molecule has 3 nitrogen and oxygen atoms in total. The fraction of sp³-hybridized carbons (Fsp3) is 0.579. The lowest BCUT2D eigenvalue weighted by Crippen LogP contribution is -2.26. The van der Waals surface area contributed by atoms with Crippen molar-refractivity contribution in [2.75, 3.05) is 19.8 Å². The Kier molecular flexibility index (Phi) is 4.72. The fourth-order valence-corrected chi connectivity index (χ4v) is 3.67. The van der Waals surface area contributed by atoms with Crippen LogP contribution < -0.4 is 14.8 Å². The van der Waals surface area contributed by atoms with Crippen LogP contribution >= 0.6 is 0 Å². The van der Waals surface area contributed by atoms with E-state index in [-0.39, 0.29) is 1.43 Å². The first-order valence-corrected chi connectivity index (χ1v) is 8.48. The fourth-order valence-electron chi connectivity index (χ4n) is 3.67. The summed E-state index contributed by atoms with van der Waals surface area (Å²) in [7, 11) is 0. The monoisotopic (exact) mass is 303 g/mol. The first-order valence-electron chi connectivity index (χ1n) is 8.48. The number of hydrogen-bond acceptors (Lipinski definition) is 3. The van der Waals surface area contributed by atoms with Crippen molar-refractivity contribution in [3.8, 4) is 11.5 Å². The molecule has 1 aromatic rings. The molecule has 2 aliphatic rings. The average Bonchev–Trinajstić information content (AvgIpc) is 2.88. The van der Waals surface area contributed by atoms with Gasteiger partial charge in [0.15, 0.2) is 11.5 Å². The second-order valence-corrected chi connectivity index (χ2v) is 6.59. The minimum absolute atomic E-state index is 0. The molecular formula is C19H29NO2. The van der Waals surface area contributed by atoms with Gasteiger partial charge in [0.25, 0.3) is 0 Å². The molecule has 0 aliphatic carbocycles. The number of fused-ring (bicyclic) bond motifs is 1. The second-order valence-electron chi connectivity index (χ2n) is 6.59. The molecule has 2 heterocycles. The van der Waals surface area contributed by atoms with Gasteiger partial charge in [0.05, 0.1) is 0 Å². The van der Waals surface area contributed by atoms with Crippen LogP contribution in [0.15, 0.2) is 30.4 Å². The van der Waals surface area contributed by atoms with Crippen molar-refractivity contribution in [2.45, 2.75) is 45.1 Å². The molecule has 0 amide bonds. The van der Waals surface area contributed by atoms with Crippen LogP contribution in [-0.2, 0) is 0 Å². The van der Waals surface area contributed by atoms with Gasteiger partial charge in [0, 0.05) is 19.9 Å². The zero-order chi connectivity index (χ0) is 15.5. The van der Waals surface area contributed by atoms with Crippen LogP contribution in [0.2, 0.25) is 0 Å². The van der Waals surface area contributed by atoms with Gasteiger partial charge in [-0.15, -0.1) is 0 Å². The smallest absolute Gasteiger partial charge is 0.161 e. The number of benzene rings is 1. The highest BCUT2D eigenvalue weighted by Crippen LogP contribution is 2.39. The maximum absolute atomic E-state index is 5.72. The van der Waals surface area contributed by atoms with Gasteiger partial charge in [0.2, 0.25) is 0 Å². The molecule has 0 aromatic heterocycles. The minimum atomic E-state index is 0. The minimum Gasteiger partial charge on any atom is -0.486 e. The summed E-state index contributed by atoms with van der Waals surface area (Å²) in [5.74, 6) is 2.92. The Hall–Kier alpha value is -1.48. The molecule has 3 rings (SSSR count). The van der Waals surface area contributed by atoms with Gasteiger partial charge in [0.1, 0.15) is 13.2 Å². The second kappa shape index (κ2) is 6.74. The van der Waals surface area contributed by atoms with E-state index < -0.39 is 0 Å². The molecule has 2 unspecified atom stereocenters. The molecule has 2 aliphatic heterocycles. The van der Waals surface area contributed by atoms with Gasteiger partial charge >= 0.3 is 0 Å². The van der Waals surface area contributed by atoms with Gasteiger partial charge in [-0.3, -0.25) is 0 Å². The maximum atomic E-state index is 5.72. The lowest BCUT2D eigenvalue weighted by molar-refractivity contribution is 0.171. The van der Waals surface area contributed by atoms with E-state index in [2.05, 4.69) is 43.9 Å². The summed E-state index contributed by atoms with van der Waals surface area (Å²) in [6, 6.07) is 6.96. The predicted molar refractivity (Wildman–Crippen MR) is 91.9 cm³/mol. The first-order chi connectivity index (χ1) is 10.7. The molecule has 1 N–H and O–H groups in total. The zero-order valence-electron chi connectivity index (χ0n) is 13.7. The number of ether oxygens (including phenoxy) is 2. The van der Waals surface area contributed by atoms with Crippen LogP contribution in [0.5, 0.6) is 11.5 Å². The summed E-state index contributed by atoms with van der Waals surface area (Å²) in [6.07, 6.45) is 3.42. The standard InChI is InChI=1S/C19H27NO2.H2/c1-4-5-13(2)10-17-14(3)16(12-20-17)15-6-7-18-19(11-15)22-9-8-21-18;/h6-7,11,14,16-17,20H,2,4-5,8-10,12H2,1,3H3;1H/t14?,16-,17?;/m0./s1. The Morgan fingerprint density at radius 1 is 1.32 bits per heavy atom. The first kappa shape index (κ1) is 15.4. The lowest BCUT2D eigenvalue weighted by atomic mass is 9.84. The molecule has 0 radical (unpaired) electrons. The van der Waals surface area contributed by atoms with Gasteiger partial charge < -0.3 is 14.8 Å². The van der Waals surface area contributed by atoms with Crippen LogP contribution in [0, 0.1) is 5.92 Å².